The van der Waals surface area contributed by atoms with Crippen LogP contribution in [0.5, 0.6) is 5.75 Å². The third kappa shape index (κ3) is 4.46. The van der Waals surface area contributed by atoms with Gasteiger partial charge in [-0.3, -0.25) is 0 Å². The fourth-order valence-electron chi connectivity index (χ4n) is 1.92. The highest BCUT2D eigenvalue weighted by molar-refractivity contribution is 5.32. The highest BCUT2D eigenvalue weighted by Crippen LogP contribution is 2.28. The van der Waals surface area contributed by atoms with Crippen molar-refractivity contribution in [2.45, 2.75) is 18.9 Å². The quantitative estimate of drug-likeness (QED) is 0.865. The van der Waals surface area contributed by atoms with Crippen LogP contribution in [0.4, 0.5) is 17.6 Å². The molecule has 0 aliphatic heterocycles. The lowest BCUT2D eigenvalue weighted by molar-refractivity contribution is -0.274. The van der Waals surface area contributed by atoms with Crippen LogP contribution in [0.25, 0.3) is 0 Å². The summed E-state index contributed by atoms with van der Waals surface area (Å²) < 4.78 is 53.8. The van der Waals surface area contributed by atoms with Crippen molar-refractivity contribution in [1.82, 2.24) is 0 Å². The molecule has 0 saturated carbocycles. The number of alkyl halides is 3. The Morgan fingerprint density at radius 1 is 1.05 bits per heavy atom. The van der Waals surface area contributed by atoms with Crippen molar-refractivity contribution in [2.24, 2.45) is 0 Å². The summed E-state index contributed by atoms with van der Waals surface area (Å²) in [7, 11) is 0. The lowest BCUT2D eigenvalue weighted by atomic mass is 10.0. The van der Waals surface area contributed by atoms with Crippen molar-refractivity contribution < 1.29 is 27.4 Å². The Bertz CT molecular complexity index is 596. The zero-order valence-electron chi connectivity index (χ0n) is 10.8. The van der Waals surface area contributed by atoms with Crippen LogP contribution in [0.3, 0.4) is 0 Å². The second-order valence-electron chi connectivity index (χ2n) is 4.44. The lowest BCUT2D eigenvalue weighted by Gasteiger charge is -2.15. The van der Waals surface area contributed by atoms with E-state index in [0.717, 1.165) is 23.8 Å². The smallest absolute Gasteiger partial charge is 0.406 e. The first kappa shape index (κ1) is 15.3. The number of aliphatic hydroxyl groups is 1. The van der Waals surface area contributed by atoms with Gasteiger partial charge in [-0.15, -0.1) is 13.2 Å². The van der Waals surface area contributed by atoms with E-state index in [1.165, 1.54) is 0 Å². The minimum atomic E-state index is -4.86. The molecular weight excluding hydrogens is 288 g/mol. The molecule has 2 aromatic carbocycles. The topological polar surface area (TPSA) is 29.5 Å². The van der Waals surface area contributed by atoms with Gasteiger partial charge in [0.05, 0.1) is 6.10 Å². The molecule has 1 N–H and O–H groups in total. The van der Waals surface area contributed by atoms with Crippen LogP contribution in [-0.2, 0) is 6.42 Å². The summed E-state index contributed by atoms with van der Waals surface area (Å²) in [5.41, 5.74) is 0.507. The minimum Gasteiger partial charge on any atom is -0.406 e. The van der Waals surface area contributed by atoms with Crippen molar-refractivity contribution in [1.29, 1.82) is 0 Å². The predicted octanol–water partition coefficient (Wildman–Crippen LogP) is 4.00. The van der Waals surface area contributed by atoms with Gasteiger partial charge in [-0.1, -0.05) is 30.3 Å². The number of halogens is 4. The van der Waals surface area contributed by atoms with Gasteiger partial charge in [-0.2, -0.15) is 0 Å². The van der Waals surface area contributed by atoms with Crippen LogP contribution in [-0.4, -0.2) is 11.5 Å². The molecule has 0 fully saturated rings. The largest absolute Gasteiger partial charge is 0.573 e. The lowest BCUT2D eigenvalue weighted by Crippen LogP contribution is -2.17. The monoisotopic (exact) mass is 300 g/mol. The minimum absolute atomic E-state index is 0.0905. The van der Waals surface area contributed by atoms with Gasteiger partial charge in [0.2, 0.25) is 0 Å². The molecule has 2 nitrogen and oxygen atoms in total. The normalized spacial score (nSPS) is 13.0. The van der Waals surface area contributed by atoms with Crippen molar-refractivity contribution in [3.8, 4) is 5.75 Å². The van der Waals surface area contributed by atoms with E-state index in [2.05, 4.69) is 4.74 Å². The maximum absolute atomic E-state index is 13.7. The Morgan fingerprint density at radius 3 is 2.33 bits per heavy atom. The highest BCUT2D eigenvalue weighted by Gasteiger charge is 2.31. The number of ether oxygens (including phenoxy) is 1. The van der Waals surface area contributed by atoms with Gasteiger partial charge in [0.25, 0.3) is 0 Å². The predicted molar refractivity (Wildman–Crippen MR) is 68.2 cm³/mol. The van der Waals surface area contributed by atoms with Crippen LogP contribution in [0, 0.1) is 5.82 Å². The summed E-state index contributed by atoms with van der Waals surface area (Å²) in [6, 6.07) is 11.3. The van der Waals surface area contributed by atoms with E-state index in [0.29, 0.717) is 0 Å². The molecule has 1 atom stereocenters. The first-order chi connectivity index (χ1) is 9.85. The van der Waals surface area contributed by atoms with Gasteiger partial charge in [0.15, 0.2) is 0 Å². The first-order valence-corrected chi connectivity index (χ1v) is 6.12. The molecule has 21 heavy (non-hydrogen) atoms. The van der Waals surface area contributed by atoms with Crippen molar-refractivity contribution in [3.05, 3.63) is 65.5 Å². The molecule has 0 aliphatic rings. The van der Waals surface area contributed by atoms with Gasteiger partial charge in [0.1, 0.15) is 11.6 Å². The van der Waals surface area contributed by atoms with Crippen molar-refractivity contribution in [3.63, 3.8) is 0 Å². The van der Waals surface area contributed by atoms with Crippen LogP contribution >= 0.6 is 0 Å². The molecule has 6 heteroatoms. The molecule has 0 radical (unpaired) electrons. The Labute approximate surface area is 118 Å². The summed E-state index contributed by atoms with van der Waals surface area (Å²) in [4.78, 5) is 0. The number of hydrogen-bond donors (Lipinski definition) is 1. The van der Waals surface area contributed by atoms with Gasteiger partial charge < -0.3 is 9.84 Å². The molecule has 0 saturated heterocycles. The van der Waals surface area contributed by atoms with E-state index in [9.17, 15) is 22.7 Å². The number of hydrogen-bond acceptors (Lipinski definition) is 2. The zero-order valence-corrected chi connectivity index (χ0v) is 10.8. The molecule has 0 amide bonds. The standard InChI is InChI=1S/C15H12F4O2/c16-13-7-6-11(21-15(17,18)19)9-12(13)14(20)8-10-4-2-1-3-5-10/h1-7,9,14,20H,8H2. The third-order valence-electron chi connectivity index (χ3n) is 2.83. The third-order valence-corrected chi connectivity index (χ3v) is 2.83. The fourth-order valence-corrected chi connectivity index (χ4v) is 1.92. The van der Waals surface area contributed by atoms with Gasteiger partial charge >= 0.3 is 6.36 Å². The van der Waals surface area contributed by atoms with Crippen molar-refractivity contribution in [2.75, 3.05) is 0 Å². The van der Waals surface area contributed by atoms with Gasteiger partial charge in [-0.25, -0.2) is 4.39 Å². The van der Waals surface area contributed by atoms with Crippen molar-refractivity contribution >= 4 is 0 Å². The maximum atomic E-state index is 13.7. The Hall–Kier alpha value is -2.08. The summed E-state index contributed by atoms with van der Waals surface area (Å²) >= 11 is 0. The van der Waals surface area contributed by atoms with Crippen LogP contribution < -0.4 is 4.74 Å². The zero-order chi connectivity index (χ0) is 15.5. The Morgan fingerprint density at radius 2 is 1.71 bits per heavy atom. The van der Waals surface area contributed by atoms with Crippen LogP contribution in [0.15, 0.2) is 48.5 Å². The average molecular weight is 300 g/mol. The van der Waals surface area contributed by atoms with E-state index >= 15 is 0 Å². The Kier molecular flexibility index (Phi) is 4.47. The van der Waals surface area contributed by atoms with E-state index in [-0.39, 0.29) is 12.0 Å². The molecule has 2 rings (SSSR count). The second kappa shape index (κ2) is 6.13. The molecule has 0 heterocycles. The maximum Gasteiger partial charge on any atom is 0.573 e. The Balaban J connectivity index is 2.20. The van der Waals surface area contributed by atoms with E-state index in [4.69, 9.17) is 0 Å². The first-order valence-electron chi connectivity index (χ1n) is 6.12. The average Bonchev–Trinajstić information content (AvgIpc) is 2.40. The van der Waals surface area contributed by atoms with E-state index in [1.54, 1.807) is 30.3 Å². The van der Waals surface area contributed by atoms with Gasteiger partial charge in [0, 0.05) is 12.0 Å². The summed E-state index contributed by atoms with van der Waals surface area (Å²) in [6.45, 7) is 0. The molecule has 112 valence electrons. The molecule has 1 unspecified atom stereocenters. The van der Waals surface area contributed by atoms with Crippen LogP contribution in [0.1, 0.15) is 17.2 Å². The molecule has 0 aromatic heterocycles. The molecule has 0 bridgehead atoms. The summed E-state index contributed by atoms with van der Waals surface area (Å²) in [5, 5.41) is 10.0. The summed E-state index contributed by atoms with van der Waals surface area (Å²) in [5.74, 6) is -1.35. The number of benzene rings is 2. The number of aliphatic hydroxyl groups excluding tert-OH is 1. The summed E-state index contributed by atoms with van der Waals surface area (Å²) in [6.07, 6.45) is -6.03. The number of rotatable bonds is 4. The molecule has 0 aliphatic carbocycles. The fraction of sp³-hybridized carbons (Fsp3) is 0.200. The molecule has 0 spiro atoms. The van der Waals surface area contributed by atoms with Gasteiger partial charge in [-0.05, 0) is 23.8 Å². The molecule has 2 aromatic rings. The van der Waals surface area contributed by atoms with E-state index in [1.807, 2.05) is 0 Å². The second-order valence-corrected chi connectivity index (χ2v) is 4.44. The van der Waals surface area contributed by atoms with Crippen LogP contribution in [0.2, 0.25) is 0 Å². The van der Waals surface area contributed by atoms with E-state index < -0.39 is 24.0 Å². The SMILES string of the molecule is OC(Cc1ccccc1)c1cc(OC(F)(F)F)ccc1F. The highest BCUT2D eigenvalue weighted by atomic mass is 19.4. The molecular formula is C15H12F4O2.